The molecule has 98 valence electrons. The van der Waals surface area contributed by atoms with Crippen molar-refractivity contribution in [2.24, 2.45) is 0 Å². The maximum atomic E-state index is 4.39. The highest BCUT2D eigenvalue weighted by Gasteiger charge is 2.15. The van der Waals surface area contributed by atoms with E-state index in [1.807, 2.05) is 18.2 Å². The van der Waals surface area contributed by atoms with Crippen molar-refractivity contribution in [3.05, 3.63) is 36.0 Å². The van der Waals surface area contributed by atoms with E-state index < -0.39 is 0 Å². The lowest BCUT2D eigenvalue weighted by Crippen LogP contribution is -2.44. The molecule has 0 amide bonds. The molecule has 0 spiro atoms. The largest absolute Gasteiger partial charge is 0.352 e. The average Bonchev–Trinajstić information content (AvgIpc) is 2.49. The van der Waals surface area contributed by atoms with E-state index >= 15 is 0 Å². The Bertz CT molecular complexity index is 549. The van der Waals surface area contributed by atoms with Gasteiger partial charge in [0.1, 0.15) is 5.69 Å². The summed E-state index contributed by atoms with van der Waals surface area (Å²) in [6.45, 7) is 6.06. The Labute approximate surface area is 112 Å². The summed E-state index contributed by atoms with van der Waals surface area (Å²) in [4.78, 5) is 6.58. The van der Waals surface area contributed by atoms with Gasteiger partial charge in [0, 0.05) is 32.4 Å². The van der Waals surface area contributed by atoms with Gasteiger partial charge in [-0.25, -0.2) is 0 Å². The van der Waals surface area contributed by atoms with Crippen LogP contribution in [0.2, 0.25) is 0 Å². The van der Waals surface area contributed by atoms with E-state index in [1.165, 1.54) is 0 Å². The number of aryl methyl sites for hydroxylation is 1. The summed E-state index contributed by atoms with van der Waals surface area (Å²) in [6, 6.07) is 7.88. The molecule has 0 unspecified atom stereocenters. The van der Waals surface area contributed by atoms with E-state index in [2.05, 4.69) is 38.4 Å². The minimum absolute atomic E-state index is 0.831. The van der Waals surface area contributed by atoms with Crippen LogP contribution >= 0.6 is 0 Å². The van der Waals surface area contributed by atoms with Crippen molar-refractivity contribution < 1.29 is 0 Å². The number of nitrogens with zero attached hydrogens (tertiary/aromatic N) is 4. The number of piperazine rings is 1. The molecule has 0 bridgehead atoms. The quantitative estimate of drug-likeness (QED) is 0.875. The molecular formula is C14H17N5. The van der Waals surface area contributed by atoms with Gasteiger partial charge in [0.15, 0.2) is 5.82 Å². The van der Waals surface area contributed by atoms with E-state index in [-0.39, 0.29) is 0 Å². The van der Waals surface area contributed by atoms with Crippen molar-refractivity contribution in [1.29, 1.82) is 0 Å². The maximum absolute atomic E-state index is 4.39. The van der Waals surface area contributed by atoms with Gasteiger partial charge in [-0.2, -0.15) is 0 Å². The zero-order valence-electron chi connectivity index (χ0n) is 11.0. The van der Waals surface area contributed by atoms with Gasteiger partial charge < -0.3 is 10.2 Å². The van der Waals surface area contributed by atoms with Crippen molar-refractivity contribution in [3.8, 4) is 11.4 Å². The predicted molar refractivity (Wildman–Crippen MR) is 75.1 cm³/mol. The molecule has 2 aromatic rings. The Balaban J connectivity index is 1.89. The molecule has 1 saturated heterocycles. The van der Waals surface area contributed by atoms with E-state index in [0.717, 1.165) is 48.9 Å². The summed E-state index contributed by atoms with van der Waals surface area (Å²) in [7, 11) is 0. The van der Waals surface area contributed by atoms with Crippen LogP contribution in [-0.4, -0.2) is 41.4 Å². The van der Waals surface area contributed by atoms with Gasteiger partial charge in [-0.1, -0.05) is 6.07 Å². The Morgan fingerprint density at radius 3 is 2.63 bits per heavy atom. The van der Waals surface area contributed by atoms with Gasteiger partial charge in [0.05, 0.1) is 5.69 Å². The molecule has 1 N–H and O–H groups in total. The minimum atomic E-state index is 0.831. The first kappa shape index (κ1) is 12.0. The first-order valence-electron chi connectivity index (χ1n) is 6.56. The number of aromatic nitrogens is 3. The van der Waals surface area contributed by atoms with Crippen molar-refractivity contribution >= 4 is 5.82 Å². The molecule has 1 aliphatic rings. The fourth-order valence-corrected chi connectivity index (χ4v) is 2.31. The second-order valence-corrected chi connectivity index (χ2v) is 4.69. The van der Waals surface area contributed by atoms with E-state index in [4.69, 9.17) is 0 Å². The fraction of sp³-hybridized carbons (Fsp3) is 0.357. The lowest BCUT2D eigenvalue weighted by Gasteiger charge is -2.29. The molecule has 0 saturated carbocycles. The van der Waals surface area contributed by atoms with Crippen LogP contribution in [0.25, 0.3) is 11.4 Å². The van der Waals surface area contributed by atoms with Crippen LogP contribution in [0.3, 0.4) is 0 Å². The third kappa shape index (κ3) is 2.56. The van der Waals surface area contributed by atoms with E-state index in [0.29, 0.717) is 0 Å². The molecule has 3 heterocycles. The SMILES string of the molecule is Cc1cc(-c2ccccn2)nnc1N1CCNCC1. The fourth-order valence-electron chi connectivity index (χ4n) is 2.31. The molecule has 5 nitrogen and oxygen atoms in total. The van der Waals surface area contributed by atoms with Crippen molar-refractivity contribution in [1.82, 2.24) is 20.5 Å². The topological polar surface area (TPSA) is 53.9 Å². The first-order chi connectivity index (χ1) is 9.34. The van der Waals surface area contributed by atoms with Crippen molar-refractivity contribution in [2.45, 2.75) is 6.92 Å². The normalized spacial score (nSPS) is 15.5. The van der Waals surface area contributed by atoms with Crippen LogP contribution in [0.15, 0.2) is 30.5 Å². The highest BCUT2D eigenvalue weighted by atomic mass is 15.3. The van der Waals surface area contributed by atoms with Gasteiger partial charge in [-0.05, 0) is 30.7 Å². The van der Waals surface area contributed by atoms with Gasteiger partial charge >= 0.3 is 0 Å². The summed E-state index contributed by atoms with van der Waals surface area (Å²) < 4.78 is 0. The van der Waals surface area contributed by atoms with Crippen LogP contribution < -0.4 is 10.2 Å². The Hall–Kier alpha value is -2.01. The molecule has 3 rings (SSSR count). The molecule has 1 fully saturated rings. The Kier molecular flexibility index (Phi) is 3.37. The summed E-state index contributed by atoms with van der Waals surface area (Å²) >= 11 is 0. The Morgan fingerprint density at radius 2 is 1.95 bits per heavy atom. The van der Waals surface area contributed by atoms with Crippen LogP contribution in [0.1, 0.15) is 5.56 Å². The Morgan fingerprint density at radius 1 is 1.11 bits per heavy atom. The summed E-state index contributed by atoms with van der Waals surface area (Å²) in [5.41, 5.74) is 2.85. The molecule has 0 radical (unpaired) electrons. The van der Waals surface area contributed by atoms with Crippen molar-refractivity contribution in [3.63, 3.8) is 0 Å². The van der Waals surface area contributed by atoms with Gasteiger partial charge in [0.2, 0.25) is 0 Å². The highest BCUT2D eigenvalue weighted by molar-refractivity contribution is 5.58. The number of anilines is 1. The number of hydrogen-bond acceptors (Lipinski definition) is 5. The molecule has 0 aliphatic carbocycles. The second-order valence-electron chi connectivity index (χ2n) is 4.69. The van der Waals surface area contributed by atoms with Crippen LogP contribution in [0.4, 0.5) is 5.82 Å². The lowest BCUT2D eigenvalue weighted by atomic mass is 10.2. The van der Waals surface area contributed by atoms with E-state index in [9.17, 15) is 0 Å². The third-order valence-corrected chi connectivity index (χ3v) is 3.30. The zero-order chi connectivity index (χ0) is 13.1. The molecule has 0 atom stereocenters. The number of nitrogens with one attached hydrogen (secondary N) is 1. The first-order valence-corrected chi connectivity index (χ1v) is 6.56. The van der Waals surface area contributed by atoms with Gasteiger partial charge in [0.25, 0.3) is 0 Å². The van der Waals surface area contributed by atoms with Crippen molar-refractivity contribution in [2.75, 3.05) is 31.1 Å². The van der Waals surface area contributed by atoms with Crippen LogP contribution in [0, 0.1) is 6.92 Å². The monoisotopic (exact) mass is 255 g/mol. The summed E-state index contributed by atoms with van der Waals surface area (Å²) in [5.74, 6) is 0.987. The van der Waals surface area contributed by atoms with Crippen LogP contribution in [0.5, 0.6) is 0 Å². The molecule has 5 heteroatoms. The number of hydrogen-bond donors (Lipinski definition) is 1. The standard InChI is InChI=1S/C14H17N5/c1-11-10-13(12-4-2-3-5-16-12)17-18-14(11)19-8-6-15-7-9-19/h2-5,10,15H,6-9H2,1H3. The second kappa shape index (κ2) is 5.32. The molecular weight excluding hydrogens is 238 g/mol. The summed E-state index contributed by atoms with van der Waals surface area (Å²) in [5, 5.41) is 12.0. The maximum Gasteiger partial charge on any atom is 0.154 e. The summed E-state index contributed by atoms with van der Waals surface area (Å²) in [6.07, 6.45) is 1.77. The molecule has 1 aliphatic heterocycles. The van der Waals surface area contributed by atoms with Gasteiger partial charge in [-0.15, -0.1) is 10.2 Å². The van der Waals surface area contributed by atoms with Crippen LogP contribution in [-0.2, 0) is 0 Å². The predicted octanol–water partition coefficient (Wildman–Crippen LogP) is 1.26. The zero-order valence-corrected chi connectivity index (χ0v) is 11.0. The smallest absolute Gasteiger partial charge is 0.154 e. The third-order valence-electron chi connectivity index (χ3n) is 3.30. The van der Waals surface area contributed by atoms with E-state index in [1.54, 1.807) is 6.20 Å². The minimum Gasteiger partial charge on any atom is -0.352 e. The van der Waals surface area contributed by atoms with Gasteiger partial charge in [-0.3, -0.25) is 4.98 Å². The molecule has 0 aromatic carbocycles. The highest BCUT2D eigenvalue weighted by Crippen LogP contribution is 2.21. The molecule has 2 aromatic heterocycles. The number of rotatable bonds is 2. The lowest BCUT2D eigenvalue weighted by molar-refractivity contribution is 0.581. The molecule has 19 heavy (non-hydrogen) atoms. The average molecular weight is 255 g/mol. The number of pyridine rings is 1.